The maximum absolute atomic E-state index is 12.8. The number of rotatable bonds is 3. The third kappa shape index (κ3) is 3.68. The second-order valence-corrected chi connectivity index (χ2v) is 8.22. The molecular weight excluding hydrogens is 372 g/mol. The van der Waals surface area contributed by atoms with E-state index >= 15 is 0 Å². The smallest absolute Gasteiger partial charge is 0.416 e. The maximum Gasteiger partial charge on any atom is 0.416 e. The third-order valence-corrected chi connectivity index (χ3v) is 6.62. The number of nitrogens with zero attached hydrogens (tertiary/aromatic N) is 2. The Morgan fingerprint density at radius 1 is 0.966 bits per heavy atom. The molecule has 0 spiro atoms. The Bertz CT molecular complexity index is 748. The highest BCUT2D eigenvalue weighted by molar-refractivity contribution is 6.01. The number of fused-ring (bicyclic) bond motifs is 2. The summed E-state index contributed by atoms with van der Waals surface area (Å²) in [6.07, 6.45) is 7.17. The lowest BCUT2D eigenvalue weighted by molar-refractivity contribution is 0.0855. The fourth-order valence-corrected chi connectivity index (χ4v) is 5.19. The highest BCUT2D eigenvalue weighted by atomic mass is 16.6. The van der Waals surface area contributed by atoms with Crippen molar-refractivity contribution in [3.8, 4) is 0 Å². The number of carbonyl (C=O) groups excluding carboxylic acids is 2. The Balaban J connectivity index is 1.65. The first kappa shape index (κ1) is 20.0. The average Bonchev–Trinajstić information content (AvgIpc) is 3.18. The summed E-state index contributed by atoms with van der Waals surface area (Å²) in [5.74, 6) is 0.892. The van der Waals surface area contributed by atoms with Crippen LogP contribution in [0.4, 0.5) is 21.0 Å². The first-order valence-electron chi connectivity index (χ1n) is 10.6. The summed E-state index contributed by atoms with van der Waals surface area (Å²) in [5, 5.41) is 0. The largest absolute Gasteiger partial charge is 0.452 e. The molecule has 7 heteroatoms. The molecule has 0 bridgehead atoms. The number of para-hydroxylation sites is 2. The summed E-state index contributed by atoms with van der Waals surface area (Å²) >= 11 is 0. The number of ether oxygens (including phenoxy) is 3. The van der Waals surface area contributed by atoms with E-state index in [0.717, 1.165) is 18.8 Å². The monoisotopic (exact) mass is 402 g/mol. The van der Waals surface area contributed by atoms with E-state index in [2.05, 4.69) is 0 Å². The van der Waals surface area contributed by atoms with E-state index in [0.29, 0.717) is 18.0 Å². The molecule has 3 aliphatic rings. The van der Waals surface area contributed by atoms with Gasteiger partial charge in [0.05, 0.1) is 38.2 Å². The summed E-state index contributed by atoms with van der Waals surface area (Å²) in [6, 6.07) is 7.05. The van der Waals surface area contributed by atoms with Gasteiger partial charge in [0.2, 0.25) is 0 Å². The topological polar surface area (TPSA) is 68.3 Å². The minimum Gasteiger partial charge on any atom is -0.452 e. The molecule has 1 aromatic rings. The van der Waals surface area contributed by atoms with Crippen LogP contribution in [0.5, 0.6) is 0 Å². The second-order valence-electron chi connectivity index (χ2n) is 8.22. The van der Waals surface area contributed by atoms with E-state index < -0.39 is 18.4 Å². The number of amides is 2. The SMILES string of the molecule is COC(=O)N1c2ccccc2N(C(=O)OC)[C@@H]2OC[C@@H](CCC3CCCCC3)[C@@H]21. The highest BCUT2D eigenvalue weighted by Gasteiger charge is 2.53. The summed E-state index contributed by atoms with van der Waals surface area (Å²) < 4.78 is 16.3. The second kappa shape index (κ2) is 8.61. The quantitative estimate of drug-likeness (QED) is 0.742. The van der Waals surface area contributed by atoms with Crippen molar-refractivity contribution < 1.29 is 23.8 Å². The van der Waals surface area contributed by atoms with E-state index in [9.17, 15) is 9.59 Å². The first-order valence-corrected chi connectivity index (χ1v) is 10.6. The standard InChI is InChI=1S/C22H30N2O5/c1-27-21(25)23-17-10-6-7-11-18(17)24(22(26)28-2)20-19(23)16(14-29-20)13-12-15-8-4-3-5-9-15/h6-7,10-11,15-16,19-20H,3-5,8-9,12-14H2,1-2H3/t16-,19+,20-/m1/s1. The van der Waals surface area contributed by atoms with Gasteiger partial charge in [-0.2, -0.15) is 0 Å². The minimum absolute atomic E-state index is 0.140. The number of hydrogen-bond donors (Lipinski definition) is 0. The van der Waals surface area contributed by atoms with Crippen LogP contribution < -0.4 is 9.80 Å². The summed E-state index contributed by atoms with van der Waals surface area (Å²) in [5.41, 5.74) is 1.25. The van der Waals surface area contributed by atoms with Crippen LogP contribution in [0.2, 0.25) is 0 Å². The summed E-state index contributed by atoms with van der Waals surface area (Å²) in [4.78, 5) is 28.6. The molecule has 2 heterocycles. The summed E-state index contributed by atoms with van der Waals surface area (Å²) in [6.45, 7) is 0.511. The number of anilines is 2. The fourth-order valence-electron chi connectivity index (χ4n) is 5.19. The molecule has 1 saturated heterocycles. The zero-order valence-corrected chi connectivity index (χ0v) is 17.2. The Labute approximate surface area is 171 Å². The van der Waals surface area contributed by atoms with Crippen molar-refractivity contribution in [1.82, 2.24) is 0 Å². The predicted molar refractivity (Wildman–Crippen MR) is 109 cm³/mol. The van der Waals surface area contributed by atoms with Crippen molar-refractivity contribution in [2.24, 2.45) is 11.8 Å². The van der Waals surface area contributed by atoms with Gasteiger partial charge in [0.1, 0.15) is 0 Å². The van der Waals surface area contributed by atoms with E-state index in [1.54, 1.807) is 15.9 Å². The lowest BCUT2D eigenvalue weighted by Gasteiger charge is -2.44. The van der Waals surface area contributed by atoms with Crippen molar-refractivity contribution >= 4 is 23.6 Å². The van der Waals surface area contributed by atoms with Gasteiger partial charge in [-0.3, -0.25) is 4.90 Å². The minimum atomic E-state index is -0.576. The van der Waals surface area contributed by atoms with Crippen LogP contribution in [0.25, 0.3) is 0 Å². The first-order chi connectivity index (χ1) is 14.2. The molecule has 2 aliphatic heterocycles. The molecule has 2 fully saturated rings. The Morgan fingerprint density at radius 2 is 1.59 bits per heavy atom. The Morgan fingerprint density at radius 3 is 2.24 bits per heavy atom. The zero-order valence-electron chi connectivity index (χ0n) is 17.2. The lowest BCUT2D eigenvalue weighted by Crippen LogP contribution is -2.59. The van der Waals surface area contributed by atoms with Crippen LogP contribution in [0, 0.1) is 11.8 Å². The van der Waals surface area contributed by atoms with Crippen LogP contribution in [0.3, 0.4) is 0 Å². The molecule has 0 aromatic heterocycles. The van der Waals surface area contributed by atoms with Crippen LogP contribution in [0.1, 0.15) is 44.9 Å². The van der Waals surface area contributed by atoms with Gasteiger partial charge in [-0.1, -0.05) is 50.7 Å². The van der Waals surface area contributed by atoms with Gasteiger partial charge in [-0.15, -0.1) is 0 Å². The zero-order chi connectivity index (χ0) is 20.4. The van der Waals surface area contributed by atoms with E-state index in [1.807, 2.05) is 18.2 Å². The normalized spacial score (nSPS) is 26.6. The van der Waals surface area contributed by atoms with E-state index in [-0.39, 0.29) is 12.0 Å². The molecule has 7 nitrogen and oxygen atoms in total. The van der Waals surface area contributed by atoms with Crippen molar-refractivity contribution in [3.63, 3.8) is 0 Å². The lowest BCUT2D eigenvalue weighted by atomic mass is 9.82. The molecule has 1 aromatic carbocycles. The van der Waals surface area contributed by atoms with Crippen LogP contribution in [-0.2, 0) is 14.2 Å². The Hall–Kier alpha value is -2.28. The molecule has 4 rings (SSSR count). The number of benzene rings is 1. The van der Waals surface area contributed by atoms with Crippen LogP contribution >= 0.6 is 0 Å². The average molecular weight is 402 g/mol. The molecule has 0 radical (unpaired) electrons. The van der Waals surface area contributed by atoms with Gasteiger partial charge in [0.25, 0.3) is 0 Å². The van der Waals surface area contributed by atoms with Gasteiger partial charge in [0.15, 0.2) is 6.23 Å². The van der Waals surface area contributed by atoms with Gasteiger partial charge in [-0.05, 0) is 24.5 Å². The molecule has 1 aliphatic carbocycles. The number of methoxy groups -OCH3 is 2. The van der Waals surface area contributed by atoms with Crippen molar-refractivity contribution in [2.75, 3.05) is 30.6 Å². The van der Waals surface area contributed by atoms with E-state index in [1.165, 1.54) is 46.3 Å². The maximum atomic E-state index is 12.8. The van der Waals surface area contributed by atoms with Crippen molar-refractivity contribution in [3.05, 3.63) is 24.3 Å². The summed E-state index contributed by atoms with van der Waals surface area (Å²) in [7, 11) is 2.75. The molecule has 29 heavy (non-hydrogen) atoms. The predicted octanol–water partition coefficient (Wildman–Crippen LogP) is 4.55. The van der Waals surface area contributed by atoms with Crippen molar-refractivity contribution in [1.29, 1.82) is 0 Å². The van der Waals surface area contributed by atoms with Gasteiger partial charge < -0.3 is 14.2 Å². The fraction of sp³-hybridized carbons (Fsp3) is 0.636. The molecule has 2 amide bonds. The molecule has 0 N–H and O–H groups in total. The number of hydrogen-bond acceptors (Lipinski definition) is 5. The van der Waals surface area contributed by atoms with Gasteiger partial charge >= 0.3 is 12.2 Å². The molecular formula is C22H30N2O5. The Kier molecular flexibility index (Phi) is 5.94. The van der Waals surface area contributed by atoms with Crippen molar-refractivity contribution in [2.45, 2.75) is 57.2 Å². The molecule has 158 valence electrons. The molecule has 3 atom stereocenters. The third-order valence-electron chi connectivity index (χ3n) is 6.62. The highest BCUT2D eigenvalue weighted by Crippen LogP contribution is 2.45. The van der Waals surface area contributed by atoms with Gasteiger partial charge in [-0.25, -0.2) is 14.5 Å². The number of carbonyl (C=O) groups is 2. The van der Waals surface area contributed by atoms with E-state index in [4.69, 9.17) is 14.2 Å². The molecule has 1 saturated carbocycles. The molecule has 0 unspecified atom stereocenters. The van der Waals surface area contributed by atoms with Gasteiger partial charge in [0, 0.05) is 5.92 Å². The van der Waals surface area contributed by atoms with Crippen LogP contribution in [0.15, 0.2) is 24.3 Å². The van der Waals surface area contributed by atoms with Crippen LogP contribution in [-0.4, -0.2) is 45.3 Å².